The quantitative estimate of drug-likeness (QED) is 0.187. The summed E-state index contributed by atoms with van der Waals surface area (Å²) < 4.78 is 1.70. The second kappa shape index (κ2) is 8.04. The standard InChI is InChI=1S/C22H15N3O3S/c26-20(21-10-5-13-29-21)12-11-17-15-24(18-7-2-1-3-8-18)23-22(17)16-6-4-9-19(14-16)25(27)28/h1-15H/b12-11+. The fraction of sp³-hybridized carbons (Fsp3) is 0. The molecule has 2 aromatic carbocycles. The molecule has 0 aliphatic rings. The van der Waals surface area contributed by atoms with Crippen LogP contribution in [0.4, 0.5) is 5.69 Å². The van der Waals surface area contributed by atoms with Crippen LogP contribution in [0.15, 0.2) is 84.4 Å². The molecule has 29 heavy (non-hydrogen) atoms. The van der Waals surface area contributed by atoms with E-state index >= 15 is 0 Å². The molecule has 2 heterocycles. The van der Waals surface area contributed by atoms with Gasteiger partial charge in [-0.2, -0.15) is 5.10 Å². The third-order valence-electron chi connectivity index (χ3n) is 4.27. The van der Waals surface area contributed by atoms with E-state index in [0.29, 0.717) is 21.7 Å². The molecule has 0 radical (unpaired) electrons. The minimum Gasteiger partial charge on any atom is -0.288 e. The summed E-state index contributed by atoms with van der Waals surface area (Å²) in [5.41, 5.74) is 2.70. The first-order chi connectivity index (χ1) is 14.1. The Morgan fingerprint density at radius 2 is 1.90 bits per heavy atom. The van der Waals surface area contributed by atoms with Crippen LogP contribution in [-0.2, 0) is 0 Å². The van der Waals surface area contributed by atoms with Crippen molar-refractivity contribution in [3.63, 3.8) is 0 Å². The number of carbonyl (C=O) groups excluding carboxylic acids is 1. The number of nitrogens with zero attached hydrogens (tertiary/aromatic N) is 3. The summed E-state index contributed by atoms with van der Waals surface area (Å²) in [4.78, 5) is 23.7. The van der Waals surface area contributed by atoms with Gasteiger partial charge >= 0.3 is 0 Å². The number of non-ortho nitro benzene ring substituents is 1. The molecule has 0 fully saturated rings. The van der Waals surface area contributed by atoms with Crippen molar-refractivity contribution in [1.29, 1.82) is 0 Å². The lowest BCUT2D eigenvalue weighted by atomic mass is 10.1. The van der Waals surface area contributed by atoms with Gasteiger partial charge in [-0.3, -0.25) is 14.9 Å². The van der Waals surface area contributed by atoms with Crippen LogP contribution in [0.5, 0.6) is 0 Å². The number of para-hydroxylation sites is 1. The van der Waals surface area contributed by atoms with Crippen molar-refractivity contribution in [3.05, 3.63) is 105 Å². The van der Waals surface area contributed by atoms with E-state index in [1.165, 1.54) is 29.5 Å². The van der Waals surface area contributed by atoms with Gasteiger partial charge in [0.05, 0.1) is 15.5 Å². The molecule has 2 aromatic heterocycles. The summed E-state index contributed by atoms with van der Waals surface area (Å²) >= 11 is 1.38. The number of nitro benzene ring substituents is 1. The van der Waals surface area contributed by atoms with Gasteiger partial charge in [0.1, 0.15) is 5.69 Å². The Hall–Kier alpha value is -3.84. The maximum atomic E-state index is 12.4. The minimum atomic E-state index is -0.437. The molecule has 4 rings (SSSR count). The van der Waals surface area contributed by atoms with Gasteiger partial charge in [-0.1, -0.05) is 36.4 Å². The predicted octanol–water partition coefficient (Wildman–Crippen LogP) is 5.41. The van der Waals surface area contributed by atoms with E-state index in [1.54, 1.807) is 29.0 Å². The van der Waals surface area contributed by atoms with E-state index in [9.17, 15) is 14.9 Å². The molecule has 0 amide bonds. The number of rotatable bonds is 6. The van der Waals surface area contributed by atoms with Crippen LogP contribution in [0, 0.1) is 10.1 Å². The number of hydrogen-bond donors (Lipinski definition) is 0. The van der Waals surface area contributed by atoms with E-state index < -0.39 is 4.92 Å². The van der Waals surface area contributed by atoms with Gasteiger partial charge in [-0.25, -0.2) is 4.68 Å². The molecule has 4 aromatic rings. The van der Waals surface area contributed by atoms with Crippen LogP contribution in [0.25, 0.3) is 23.0 Å². The summed E-state index contributed by atoms with van der Waals surface area (Å²) in [6, 6.07) is 19.4. The molecule has 0 atom stereocenters. The van der Waals surface area contributed by atoms with E-state index in [1.807, 2.05) is 48.0 Å². The lowest BCUT2D eigenvalue weighted by molar-refractivity contribution is -0.384. The Kier molecular flexibility index (Phi) is 5.13. The molecule has 0 saturated carbocycles. The number of ketones is 1. The number of allylic oxidation sites excluding steroid dienone is 1. The number of nitro groups is 1. The van der Waals surface area contributed by atoms with Crippen LogP contribution in [0.3, 0.4) is 0 Å². The van der Waals surface area contributed by atoms with Crippen molar-refractivity contribution in [2.24, 2.45) is 0 Å². The van der Waals surface area contributed by atoms with Crippen LogP contribution in [0.2, 0.25) is 0 Å². The first-order valence-electron chi connectivity index (χ1n) is 8.77. The highest BCUT2D eigenvalue weighted by atomic mass is 32.1. The SMILES string of the molecule is O=C(/C=C/c1cn(-c2ccccc2)nc1-c1cccc([N+](=O)[O-])c1)c1cccs1. The number of hydrogen-bond acceptors (Lipinski definition) is 5. The van der Waals surface area contributed by atoms with E-state index in [2.05, 4.69) is 5.10 Å². The topological polar surface area (TPSA) is 78.0 Å². The highest BCUT2D eigenvalue weighted by Crippen LogP contribution is 2.28. The number of benzene rings is 2. The average Bonchev–Trinajstić information content (AvgIpc) is 3.43. The van der Waals surface area contributed by atoms with Crippen LogP contribution >= 0.6 is 11.3 Å². The lowest BCUT2D eigenvalue weighted by Gasteiger charge is -2.00. The largest absolute Gasteiger partial charge is 0.288 e. The monoisotopic (exact) mass is 401 g/mol. The maximum Gasteiger partial charge on any atom is 0.270 e. The smallest absolute Gasteiger partial charge is 0.270 e. The van der Waals surface area contributed by atoms with Gasteiger partial charge in [-0.05, 0) is 35.7 Å². The third-order valence-corrected chi connectivity index (χ3v) is 5.16. The van der Waals surface area contributed by atoms with E-state index in [0.717, 1.165) is 5.69 Å². The molecule has 0 N–H and O–H groups in total. The van der Waals surface area contributed by atoms with Crippen molar-refractivity contribution in [1.82, 2.24) is 9.78 Å². The van der Waals surface area contributed by atoms with Crippen molar-refractivity contribution in [3.8, 4) is 16.9 Å². The fourth-order valence-corrected chi connectivity index (χ4v) is 3.52. The zero-order valence-electron chi connectivity index (χ0n) is 15.1. The van der Waals surface area contributed by atoms with Crippen molar-refractivity contribution >= 4 is 28.9 Å². The molecule has 0 saturated heterocycles. The average molecular weight is 401 g/mol. The lowest BCUT2D eigenvalue weighted by Crippen LogP contribution is -1.94. The van der Waals surface area contributed by atoms with E-state index in [4.69, 9.17) is 0 Å². The summed E-state index contributed by atoms with van der Waals surface area (Å²) in [6.45, 7) is 0. The Morgan fingerprint density at radius 3 is 2.62 bits per heavy atom. The van der Waals surface area contributed by atoms with Crippen LogP contribution in [-0.4, -0.2) is 20.5 Å². The first-order valence-corrected chi connectivity index (χ1v) is 9.65. The van der Waals surface area contributed by atoms with Crippen molar-refractivity contribution in [2.75, 3.05) is 0 Å². The summed E-state index contributed by atoms with van der Waals surface area (Å²) in [5.74, 6) is -0.0996. The fourth-order valence-electron chi connectivity index (χ4n) is 2.88. The van der Waals surface area contributed by atoms with Gasteiger partial charge in [0.2, 0.25) is 0 Å². The van der Waals surface area contributed by atoms with Gasteiger partial charge in [0.15, 0.2) is 5.78 Å². The maximum absolute atomic E-state index is 12.4. The zero-order chi connectivity index (χ0) is 20.2. The molecular weight excluding hydrogens is 386 g/mol. The summed E-state index contributed by atoms with van der Waals surface area (Å²) in [6.07, 6.45) is 5.00. The van der Waals surface area contributed by atoms with Crippen molar-refractivity contribution < 1.29 is 9.72 Å². The Balaban J connectivity index is 1.78. The Labute approximate surface area is 170 Å². The highest BCUT2D eigenvalue weighted by Gasteiger charge is 2.14. The summed E-state index contributed by atoms with van der Waals surface area (Å²) in [5, 5.41) is 17.6. The van der Waals surface area contributed by atoms with E-state index in [-0.39, 0.29) is 11.5 Å². The second-order valence-corrected chi connectivity index (χ2v) is 7.14. The normalized spacial score (nSPS) is 11.0. The van der Waals surface area contributed by atoms with Gasteiger partial charge in [0, 0.05) is 29.5 Å². The molecule has 0 bridgehead atoms. The third kappa shape index (κ3) is 4.04. The molecule has 6 nitrogen and oxygen atoms in total. The second-order valence-electron chi connectivity index (χ2n) is 6.20. The first kappa shape index (κ1) is 18.5. The molecule has 0 aliphatic heterocycles. The Bertz CT molecular complexity index is 1200. The predicted molar refractivity (Wildman–Crippen MR) is 113 cm³/mol. The zero-order valence-corrected chi connectivity index (χ0v) is 16.0. The van der Waals surface area contributed by atoms with Crippen molar-refractivity contribution in [2.45, 2.75) is 0 Å². The highest BCUT2D eigenvalue weighted by molar-refractivity contribution is 7.12. The van der Waals surface area contributed by atoms with Crippen LogP contribution in [0.1, 0.15) is 15.2 Å². The minimum absolute atomic E-state index is 0.0126. The molecular formula is C22H15N3O3S. The number of aromatic nitrogens is 2. The van der Waals surface area contributed by atoms with Gasteiger partial charge in [0.25, 0.3) is 5.69 Å². The molecule has 0 unspecified atom stereocenters. The van der Waals surface area contributed by atoms with Crippen LogP contribution < -0.4 is 0 Å². The number of carbonyl (C=O) groups is 1. The Morgan fingerprint density at radius 1 is 1.07 bits per heavy atom. The van der Waals surface area contributed by atoms with Gasteiger partial charge in [-0.15, -0.1) is 11.3 Å². The molecule has 0 aliphatic carbocycles. The molecule has 0 spiro atoms. The van der Waals surface area contributed by atoms with Gasteiger partial charge < -0.3 is 0 Å². The number of thiophene rings is 1. The molecule has 7 heteroatoms. The molecule has 142 valence electrons. The summed E-state index contributed by atoms with van der Waals surface area (Å²) in [7, 11) is 0.